The summed E-state index contributed by atoms with van der Waals surface area (Å²) in [6.45, 7) is 2.51. The van der Waals surface area contributed by atoms with E-state index in [0.717, 1.165) is 24.2 Å². The van der Waals surface area contributed by atoms with Crippen LogP contribution in [0.15, 0.2) is 48.5 Å². The summed E-state index contributed by atoms with van der Waals surface area (Å²) in [6.07, 6.45) is 1.74. The van der Waals surface area contributed by atoms with Crippen molar-refractivity contribution < 1.29 is 14.3 Å². The van der Waals surface area contributed by atoms with Crippen molar-refractivity contribution in [3.63, 3.8) is 0 Å². The van der Waals surface area contributed by atoms with E-state index < -0.39 is 6.10 Å². The summed E-state index contributed by atoms with van der Waals surface area (Å²) in [5.74, 6) is 1.37. The summed E-state index contributed by atoms with van der Waals surface area (Å²) in [7, 11) is 1.67. The van der Waals surface area contributed by atoms with Crippen LogP contribution < -0.4 is 14.8 Å². The van der Waals surface area contributed by atoms with Gasteiger partial charge in [0, 0.05) is 11.6 Å². The maximum atomic E-state index is 12.3. The standard InChI is InChI=1S/C20H24ClNO3/c1-3-18(25-17-11-6-10-16(21)14-17)20(23)22-13-7-9-15-8-4-5-12-19(15)24-2/h4-6,8,10-12,14,18H,3,7,9,13H2,1-2H3,(H,22,23)/t18-/m0/s1. The second-order valence-electron chi connectivity index (χ2n) is 5.68. The number of benzene rings is 2. The summed E-state index contributed by atoms with van der Waals surface area (Å²) >= 11 is 5.95. The molecule has 2 aromatic rings. The van der Waals surface area contributed by atoms with Crippen molar-refractivity contribution in [1.82, 2.24) is 5.32 Å². The van der Waals surface area contributed by atoms with Crippen LogP contribution >= 0.6 is 11.6 Å². The van der Waals surface area contributed by atoms with E-state index >= 15 is 0 Å². The quantitative estimate of drug-likeness (QED) is 0.679. The molecule has 0 radical (unpaired) electrons. The number of methoxy groups -OCH3 is 1. The van der Waals surface area contributed by atoms with Crippen LogP contribution in [0.2, 0.25) is 5.02 Å². The third-order valence-electron chi connectivity index (χ3n) is 3.85. The number of para-hydroxylation sites is 1. The molecular weight excluding hydrogens is 338 g/mol. The molecule has 1 atom stereocenters. The maximum absolute atomic E-state index is 12.3. The molecule has 1 amide bonds. The van der Waals surface area contributed by atoms with Crippen LogP contribution in [0.4, 0.5) is 0 Å². The number of aryl methyl sites for hydroxylation is 1. The zero-order chi connectivity index (χ0) is 18.1. The number of amides is 1. The van der Waals surface area contributed by atoms with Crippen molar-refractivity contribution >= 4 is 17.5 Å². The lowest BCUT2D eigenvalue weighted by atomic mass is 10.1. The topological polar surface area (TPSA) is 47.6 Å². The highest BCUT2D eigenvalue weighted by atomic mass is 35.5. The predicted octanol–water partition coefficient (Wildman–Crippen LogP) is 4.26. The minimum absolute atomic E-state index is 0.109. The van der Waals surface area contributed by atoms with Gasteiger partial charge in [0.1, 0.15) is 11.5 Å². The first kappa shape index (κ1) is 19.1. The van der Waals surface area contributed by atoms with Gasteiger partial charge in [-0.1, -0.05) is 42.8 Å². The Morgan fingerprint density at radius 2 is 2.00 bits per heavy atom. The largest absolute Gasteiger partial charge is 0.496 e. The number of hydrogen-bond acceptors (Lipinski definition) is 3. The van der Waals surface area contributed by atoms with Crippen LogP contribution in [0.5, 0.6) is 11.5 Å². The van der Waals surface area contributed by atoms with Crippen molar-refractivity contribution in [3.8, 4) is 11.5 Å². The molecule has 0 aliphatic rings. The third kappa shape index (κ3) is 5.98. The Kier molecular flexibility index (Phi) is 7.61. The molecule has 0 fully saturated rings. The van der Waals surface area contributed by atoms with Crippen LogP contribution in [0.1, 0.15) is 25.3 Å². The number of carbonyl (C=O) groups excluding carboxylic acids is 1. The zero-order valence-corrected chi connectivity index (χ0v) is 15.4. The molecule has 0 unspecified atom stereocenters. The van der Waals surface area contributed by atoms with Crippen molar-refractivity contribution in [2.45, 2.75) is 32.3 Å². The zero-order valence-electron chi connectivity index (χ0n) is 14.6. The first-order chi connectivity index (χ1) is 12.1. The van der Waals surface area contributed by atoms with Gasteiger partial charge in [-0.25, -0.2) is 0 Å². The summed E-state index contributed by atoms with van der Waals surface area (Å²) < 4.78 is 11.1. The van der Waals surface area contributed by atoms with Gasteiger partial charge in [0.2, 0.25) is 0 Å². The number of carbonyl (C=O) groups is 1. The fourth-order valence-corrected chi connectivity index (χ4v) is 2.72. The van der Waals surface area contributed by atoms with Gasteiger partial charge >= 0.3 is 0 Å². The van der Waals surface area contributed by atoms with E-state index in [2.05, 4.69) is 5.32 Å². The highest BCUT2D eigenvalue weighted by molar-refractivity contribution is 6.30. The fraction of sp³-hybridized carbons (Fsp3) is 0.350. The Hall–Kier alpha value is -2.20. The Labute approximate surface area is 154 Å². The van der Waals surface area contributed by atoms with Gasteiger partial charge in [0.05, 0.1) is 7.11 Å². The van der Waals surface area contributed by atoms with E-state index in [1.165, 1.54) is 0 Å². The Balaban J connectivity index is 1.80. The number of nitrogens with one attached hydrogen (secondary N) is 1. The molecule has 25 heavy (non-hydrogen) atoms. The van der Waals surface area contributed by atoms with Gasteiger partial charge < -0.3 is 14.8 Å². The van der Waals surface area contributed by atoms with Gasteiger partial charge in [-0.05, 0) is 49.1 Å². The molecule has 0 aromatic heterocycles. The molecule has 0 saturated carbocycles. The fourth-order valence-electron chi connectivity index (χ4n) is 2.54. The molecule has 134 valence electrons. The van der Waals surface area contributed by atoms with Crippen molar-refractivity contribution in [2.75, 3.05) is 13.7 Å². The lowest BCUT2D eigenvalue weighted by molar-refractivity contribution is -0.128. The molecule has 0 aliphatic heterocycles. The van der Waals surface area contributed by atoms with E-state index in [-0.39, 0.29) is 5.91 Å². The maximum Gasteiger partial charge on any atom is 0.261 e. The summed E-state index contributed by atoms with van der Waals surface area (Å²) in [4.78, 5) is 12.3. The Morgan fingerprint density at radius 1 is 1.20 bits per heavy atom. The van der Waals surface area contributed by atoms with Gasteiger partial charge in [-0.3, -0.25) is 4.79 Å². The first-order valence-electron chi connectivity index (χ1n) is 8.46. The highest BCUT2D eigenvalue weighted by Crippen LogP contribution is 2.20. The van der Waals surface area contributed by atoms with Crippen LogP contribution in [-0.2, 0) is 11.2 Å². The summed E-state index contributed by atoms with van der Waals surface area (Å²) in [6, 6.07) is 15.0. The molecule has 1 N–H and O–H groups in total. The van der Waals surface area contributed by atoms with Gasteiger partial charge in [0.25, 0.3) is 5.91 Å². The average Bonchev–Trinajstić information content (AvgIpc) is 2.63. The van der Waals surface area contributed by atoms with Crippen LogP contribution in [0.3, 0.4) is 0 Å². The summed E-state index contributed by atoms with van der Waals surface area (Å²) in [5, 5.41) is 3.53. The van der Waals surface area contributed by atoms with Crippen LogP contribution in [0.25, 0.3) is 0 Å². The second kappa shape index (κ2) is 9.94. The molecule has 0 bridgehead atoms. The van der Waals surface area contributed by atoms with Crippen molar-refractivity contribution in [3.05, 3.63) is 59.1 Å². The number of ether oxygens (including phenoxy) is 2. The highest BCUT2D eigenvalue weighted by Gasteiger charge is 2.18. The smallest absolute Gasteiger partial charge is 0.261 e. The van der Waals surface area contributed by atoms with Crippen molar-refractivity contribution in [2.24, 2.45) is 0 Å². The van der Waals surface area contributed by atoms with E-state index in [0.29, 0.717) is 23.7 Å². The van der Waals surface area contributed by atoms with Crippen molar-refractivity contribution in [1.29, 1.82) is 0 Å². The predicted molar refractivity (Wildman–Crippen MR) is 100 cm³/mol. The summed E-state index contributed by atoms with van der Waals surface area (Å²) in [5.41, 5.74) is 1.14. The molecule has 0 spiro atoms. The van der Waals surface area contributed by atoms with Gasteiger partial charge in [-0.2, -0.15) is 0 Å². The molecule has 4 nitrogen and oxygen atoms in total. The van der Waals surface area contributed by atoms with Crippen LogP contribution in [-0.4, -0.2) is 25.7 Å². The molecular formula is C20H24ClNO3. The molecule has 2 aromatic carbocycles. The van der Waals surface area contributed by atoms with Crippen LogP contribution in [0, 0.1) is 0 Å². The SMILES string of the molecule is CC[C@H](Oc1cccc(Cl)c1)C(=O)NCCCc1ccccc1OC. The monoisotopic (exact) mass is 361 g/mol. The average molecular weight is 362 g/mol. The number of halogens is 1. The number of rotatable bonds is 9. The van der Waals surface area contributed by atoms with Gasteiger partial charge in [0.15, 0.2) is 6.10 Å². The minimum Gasteiger partial charge on any atom is -0.496 e. The van der Waals surface area contributed by atoms with Gasteiger partial charge in [-0.15, -0.1) is 0 Å². The minimum atomic E-state index is -0.523. The van der Waals surface area contributed by atoms with E-state index in [4.69, 9.17) is 21.1 Å². The van der Waals surface area contributed by atoms with E-state index in [1.807, 2.05) is 31.2 Å². The van der Waals surface area contributed by atoms with E-state index in [1.54, 1.807) is 31.4 Å². The Morgan fingerprint density at radius 3 is 2.72 bits per heavy atom. The lowest BCUT2D eigenvalue weighted by Crippen LogP contribution is -2.38. The number of hydrogen-bond donors (Lipinski definition) is 1. The lowest BCUT2D eigenvalue weighted by Gasteiger charge is -2.17. The van der Waals surface area contributed by atoms with E-state index in [9.17, 15) is 4.79 Å². The normalized spacial score (nSPS) is 11.6. The molecule has 5 heteroatoms. The second-order valence-corrected chi connectivity index (χ2v) is 6.11. The first-order valence-corrected chi connectivity index (χ1v) is 8.83. The molecule has 0 heterocycles. The molecule has 2 rings (SSSR count). The molecule has 0 saturated heterocycles. The Bertz CT molecular complexity index is 690. The third-order valence-corrected chi connectivity index (χ3v) is 4.09. The molecule has 0 aliphatic carbocycles.